The van der Waals surface area contributed by atoms with Gasteiger partial charge in [0.25, 0.3) is 5.91 Å². The maximum Gasteiger partial charge on any atom is 0.270 e. The molecule has 3 N–H and O–H groups in total. The number of carbonyl (C=O) groups is 1. The van der Waals surface area contributed by atoms with Crippen LogP contribution < -0.4 is 11.1 Å². The van der Waals surface area contributed by atoms with E-state index in [1.165, 1.54) is 6.20 Å². The Bertz CT molecular complexity index is 533. The monoisotopic (exact) mass is 246 g/mol. The highest BCUT2D eigenvalue weighted by Gasteiger charge is 2.08. The average molecular weight is 246 g/mol. The van der Waals surface area contributed by atoms with Crippen LogP contribution in [-0.2, 0) is 13.0 Å². The molecule has 1 amide bonds. The maximum absolute atomic E-state index is 11.7. The first kappa shape index (κ1) is 12.1. The van der Waals surface area contributed by atoms with Crippen LogP contribution in [0, 0.1) is 0 Å². The van der Waals surface area contributed by atoms with Crippen molar-refractivity contribution in [3.8, 4) is 0 Å². The second-order valence-corrected chi connectivity index (χ2v) is 3.73. The maximum atomic E-state index is 11.7. The molecule has 0 aliphatic heterocycles. The molecule has 2 rings (SSSR count). The summed E-state index contributed by atoms with van der Waals surface area (Å²) in [6.07, 6.45) is 3.87. The molecule has 94 valence electrons. The quantitative estimate of drug-likeness (QED) is 0.843. The minimum Gasteiger partial charge on any atom is -0.444 e. The summed E-state index contributed by atoms with van der Waals surface area (Å²) in [5.74, 6) is 0.992. The highest BCUT2D eigenvalue weighted by molar-refractivity contribution is 5.92. The molecule has 0 aliphatic rings. The number of anilines is 1. The van der Waals surface area contributed by atoms with Crippen LogP contribution in [0.5, 0.6) is 0 Å². The standard InChI is InChI=1S/C12H14N4O2/c1-2-9-6-15-11(18-9)7-16-12(17)10-4-3-8(13)5-14-10/h3-6H,2,7,13H2,1H3,(H,16,17). The number of hydrogen-bond donors (Lipinski definition) is 2. The van der Waals surface area contributed by atoms with E-state index in [1.807, 2.05) is 6.92 Å². The lowest BCUT2D eigenvalue weighted by atomic mass is 10.3. The largest absolute Gasteiger partial charge is 0.444 e. The van der Waals surface area contributed by atoms with E-state index in [-0.39, 0.29) is 12.5 Å². The van der Waals surface area contributed by atoms with E-state index in [1.54, 1.807) is 18.3 Å². The summed E-state index contributed by atoms with van der Waals surface area (Å²) in [4.78, 5) is 19.7. The molecular weight excluding hydrogens is 232 g/mol. The summed E-state index contributed by atoms with van der Waals surface area (Å²) in [7, 11) is 0. The van der Waals surface area contributed by atoms with Crippen molar-refractivity contribution in [3.05, 3.63) is 41.9 Å². The topological polar surface area (TPSA) is 94.0 Å². The van der Waals surface area contributed by atoms with Crippen molar-refractivity contribution in [1.29, 1.82) is 0 Å². The number of amides is 1. The van der Waals surface area contributed by atoms with Crippen molar-refractivity contribution in [2.45, 2.75) is 19.9 Å². The van der Waals surface area contributed by atoms with Crippen LogP contribution in [-0.4, -0.2) is 15.9 Å². The Kier molecular flexibility index (Phi) is 3.57. The zero-order chi connectivity index (χ0) is 13.0. The number of nitrogens with zero attached hydrogens (tertiary/aromatic N) is 2. The summed E-state index contributed by atoms with van der Waals surface area (Å²) in [5.41, 5.74) is 6.32. The molecule has 0 fully saturated rings. The van der Waals surface area contributed by atoms with E-state index in [0.717, 1.165) is 12.2 Å². The van der Waals surface area contributed by atoms with Gasteiger partial charge in [-0.3, -0.25) is 4.79 Å². The molecule has 2 aromatic rings. The number of hydrogen-bond acceptors (Lipinski definition) is 5. The molecule has 0 unspecified atom stereocenters. The lowest BCUT2D eigenvalue weighted by molar-refractivity contribution is 0.0942. The number of aryl methyl sites for hydroxylation is 1. The number of pyridine rings is 1. The smallest absolute Gasteiger partial charge is 0.270 e. The molecule has 0 spiro atoms. The Morgan fingerprint density at radius 3 is 2.83 bits per heavy atom. The zero-order valence-electron chi connectivity index (χ0n) is 10.0. The van der Waals surface area contributed by atoms with E-state index in [0.29, 0.717) is 17.3 Å². The number of oxazole rings is 1. The summed E-state index contributed by atoms with van der Waals surface area (Å²) in [6, 6.07) is 3.19. The number of rotatable bonds is 4. The molecule has 0 atom stereocenters. The van der Waals surface area contributed by atoms with Crippen LogP contribution >= 0.6 is 0 Å². The third-order valence-electron chi connectivity index (χ3n) is 2.37. The van der Waals surface area contributed by atoms with Gasteiger partial charge in [-0.05, 0) is 12.1 Å². The number of nitrogen functional groups attached to an aromatic ring is 1. The Labute approximate surface area is 104 Å². The van der Waals surface area contributed by atoms with E-state index >= 15 is 0 Å². The molecule has 6 nitrogen and oxygen atoms in total. The molecule has 18 heavy (non-hydrogen) atoms. The summed E-state index contributed by atoms with van der Waals surface area (Å²) in [6.45, 7) is 2.21. The van der Waals surface area contributed by atoms with Gasteiger partial charge in [0, 0.05) is 6.42 Å². The number of carbonyl (C=O) groups excluding carboxylic acids is 1. The highest BCUT2D eigenvalue weighted by atomic mass is 16.4. The van der Waals surface area contributed by atoms with E-state index in [2.05, 4.69) is 15.3 Å². The zero-order valence-corrected chi connectivity index (χ0v) is 10.0. The molecule has 6 heteroatoms. The van der Waals surface area contributed by atoms with Gasteiger partial charge < -0.3 is 15.5 Å². The van der Waals surface area contributed by atoms with E-state index < -0.39 is 0 Å². The lowest BCUT2D eigenvalue weighted by Gasteiger charge is -2.02. The van der Waals surface area contributed by atoms with Crippen molar-refractivity contribution in [2.75, 3.05) is 5.73 Å². The molecule has 0 aromatic carbocycles. The normalized spacial score (nSPS) is 10.3. The fourth-order valence-corrected chi connectivity index (χ4v) is 1.38. The average Bonchev–Trinajstić information content (AvgIpc) is 2.85. The summed E-state index contributed by atoms with van der Waals surface area (Å²) >= 11 is 0. The Morgan fingerprint density at radius 2 is 2.22 bits per heavy atom. The second kappa shape index (κ2) is 5.31. The first-order valence-electron chi connectivity index (χ1n) is 5.62. The summed E-state index contributed by atoms with van der Waals surface area (Å²) < 4.78 is 5.37. The van der Waals surface area contributed by atoms with Crippen LogP contribution in [0.1, 0.15) is 29.1 Å². The van der Waals surface area contributed by atoms with Crippen LogP contribution in [0.25, 0.3) is 0 Å². The van der Waals surface area contributed by atoms with Crippen LogP contribution in [0.4, 0.5) is 5.69 Å². The molecule has 0 saturated carbocycles. The fourth-order valence-electron chi connectivity index (χ4n) is 1.38. The number of nitrogens with two attached hydrogens (primary N) is 1. The van der Waals surface area contributed by atoms with Crippen molar-refractivity contribution >= 4 is 11.6 Å². The van der Waals surface area contributed by atoms with Gasteiger partial charge in [-0.1, -0.05) is 6.92 Å². The van der Waals surface area contributed by atoms with E-state index in [4.69, 9.17) is 10.2 Å². The number of aromatic nitrogens is 2. The van der Waals surface area contributed by atoms with Gasteiger partial charge in [0.15, 0.2) is 0 Å². The van der Waals surface area contributed by atoms with Crippen molar-refractivity contribution < 1.29 is 9.21 Å². The summed E-state index contributed by atoms with van der Waals surface area (Å²) in [5, 5.41) is 2.67. The predicted octanol–water partition coefficient (Wildman–Crippen LogP) is 1.14. The molecule has 0 aliphatic carbocycles. The van der Waals surface area contributed by atoms with Gasteiger partial charge in [-0.2, -0.15) is 0 Å². The Balaban J connectivity index is 1.93. The third kappa shape index (κ3) is 2.85. The number of nitrogens with one attached hydrogen (secondary N) is 1. The molecule has 2 aromatic heterocycles. The predicted molar refractivity (Wildman–Crippen MR) is 65.7 cm³/mol. The van der Waals surface area contributed by atoms with Crippen LogP contribution in [0.3, 0.4) is 0 Å². The lowest BCUT2D eigenvalue weighted by Crippen LogP contribution is -2.23. The van der Waals surface area contributed by atoms with Gasteiger partial charge in [-0.25, -0.2) is 9.97 Å². The second-order valence-electron chi connectivity index (χ2n) is 3.73. The first-order valence-corrected chi connectivity index (χ1v) is 5.62. The molecule has 2 heterocycles. The molecule has 0 saturated heterocycles. The highest BCUT2D eigenvalue weighted by Crippen LogP contribution is 2.05. The molecular formula is C12H14N4O2. The minimum atomic E-state index is -0.286. The van der Waals surface area contributed by atoms with Crippen molar-refractivity contribution in [1.82, 2.24) is 15.3 Å². The Hall–Kier alpha value is -2.37. The van der Waals surface area contributed by atoms with Gasteiger partial charge in [-0.15, -0.1) is 0 Å². The minimum absolute atomic E-state index is 0.241. The van der Waals surface area contributed by atoms with Crippen LogP contribution in [0.15, 0.2) is 28.9 Å². The van der Waals surface area contributed by atoms with Gasteiger partial charge in [0.2, 0.25) is 5.89 Å². The Morgan fingerprint density at radius 1 is 1.39 bits per heavy atom. The fraction of sp³-hybridized carbons (Fsp3) is 0.250. The third-order valence-corrected chi connectivity index (χ3v) is 2.37. The van der Waals surface area contributed by atoms with Gasteiger partial charge >= 0.3 is 0 Å². The van der Waals surface area contributed by atoms with Gasteiger partial charge in [0.1, 0.15) is 11.5 Å². The van der Waals surface area contributed by atoms with Crippen molar-refractivity contribution in [2.24, 2.45) is 0 Å². The van der Waals surface area contributed by atoms with E-state index in [9.17, 15) is 4.79 Å². The first-order chi connectivity index (χ1) is 8.69. The molecule has 0 bridgehead atoms. The SMILES string of the molecule is CCc1cnc(CNC(=O)c2ccc(N)cn2)o1. The van der Waals surface area contributed by atoms with Crippen LogP contribution in [0.2, 0.25) is 0 Å². The molecule has 0 radical (unpaired) electrons. The van der Waals surface area contributed by atoms with Gasteiger partial charge in [0.05, 0.1) is 24.6 Å². The van der Waals surface area contributed by atoms with Crippen molar-refractivity contribution in [3.63, 3.8) is 0 Å².